The number of ether oxygens (including phenoxy) is 1. The van der Waals surface area contributed by atoms with Crippen LogP contribution in [0.5, 0.6) is 5.75 Å². The number of nitrogens with one attached hydrogen (secondary N) is 1. The molecule has 0 aliphatic carbocycles. The molecule has 2 aromatic heterocycles. The van der Waals surface area contributed by atoms with E-state index in [4.69, 9.17) is 4.74 Å². The average molecular weight is 466 g/mol. The van der Waals surface area contributed by atoms with E-state index in [2.05, 4.69) is 10.3 Å². The van der Waals surface area contributed by atoms with Crippen molar-refractivity contribution in [3.63, 3.8) is 0 Å². The molecular formula is C24H27N5O5. The molecule has 0 unspecified atom stereocenters. The van der Waals surface area contributed by atoms with E-state index in [9.17, 15) is 19.2 Å². The molecule has 1 N–H and O–H groups in total. The maximum atomic E-state index is 12.8. The van der Waals surface area contributed by atoms with Crippen molar-refractivity contribution in [2.45, 2.75) is 25.3 Å². The molecule has 1 saturated heterocycles. The Morgan fingerprint density at radius 3 is 2.47 bits per heavy atom. The molecule has 2 amide bonds. The highest BCUT2D eigenvalue weighted by atomic mass is 16.5. The lowest BCUT2D eigenvalue weighted by atomic mass is 10.0. The highest BCUT2D eigenvalue weighted by Gasteiger charge is 2.25. The van der Waals surface area contributed by atoms with Crippen LogP contribution in [0.2, 0.25) is 0 Å². The molecule has 3 heterocycles. The maximum absolute atomic E-state index is 12.8. The van der Waals surface area contributed by atoms with E-state index in [1.54, 1.807) is 12.0 Å². The molecule has 0 saturated carbocycles. The number of hydrogen-bond acceptors (Lipinski definition) is 6. The minimum absolute atomic E-state index is 0.0213. The molecule has 0 atom stereocenters. The van der Waals surface area contributed by atoms with Crippen LogP contribution in [-0.4, -0.2) is 57.1 Å². The van der Waals surface area contributed by atoms with Gasteiger partial charge in [-0.3, -0.25) is 23.5 Å². The fraction of sp³-hybridized carbons (Fsp3) is 0.375. The Kier molecular flexibility index (Phi) is 6.49. The number of nitrogens with zero attached hydrogens (tertiary/aromatic N) is 4. The molecule has 10 nitrogen and oxygen atoms in total. The highest BCUT2D eigenvalue weighted by Crippen LogP contribution is 2.20. The highest BCUT2D eigenvalue weighted by molar-refractivity contribution is 5.94. The normalized spacial score (nSPS) is 14.3. The molecule has 0 bridgehead atoms. The number of benzene rings is 1. The number of carbonyl (C=O) groups is 2. The van der Waals surface area contributed by atoms with Crippen molar-refractivity contribution in [3.05, 3.63) is 68.5 Å². The SMILES string of the molecule is COc1ccccc1CC(=O)N1CCC(NC(=O)c2ccc3c(=O)n(C)c(=O)n(C)c3n2)CC1. The lowest BCUT2D eigenvalue weighted by Crippen LogP contribution is -2.47. The second-order valence-corrected chi connectivity index (χ2v) is 8.39. The first-order chi connectivity index (χ1) is 16.3. The number of para-hydroxylation sites is 1. The number of aromatic nitrogens is 3. The Hall–Kier alpha value is -3.95. The van der Waals surface area contributed by atoms with Gasteiger partial charge in [-0.2, -0.15) is 0 Å². The van der Waals surface area contributed by atoms with E-state index >= 15 is 0 Å². The number of hydrogen-bond donors (Lipinski definition) is 1. The van der Waals surface area contributed by atoms with Gasteiger partial charge in [0.1, 0.15) is 17.1 Å². The van der Waals surface area contributed by atoms with Gasteiger partial charge in [-0.15, -0.1) is 0 Å². The van der Waals surface area contributed by atoms with Crippen molar-refractivity contribution in [1.82, 2.24) is 24.3 Å². The van der Waals surface area contributed by atoms with E-state index in [1.807, 2.05) is 24.3 Å². The summed E-state index contributed by atoms with van der Waals surface area (Å²) in [6, 6.07) is 10.3. The van der Waals surface area contributed by atoms with Crippen molar-refractivity contribution in [3.8, 4) is 5.75 Å². The van der Waals surface area contributed by atoms with Crippen molar-refractivity contribution in [1.29, 1.82) is 0 Å². The molecule has 10 heteroatoms. The summed E-state index contributed by atoms with van der Waals surface area (Å²) < 4.78 is 7.58. The monoisotopic (exact) mass is 465 g/mol. The van der Waals surface area contributed by atoms with E-state index in [0.29, 0.717) is 31.7 Å². The molecule has 1 aliphatic heterocycles. The Morgan fingerprint density at radius 1 is 1.06 bits per heavy atom. The Morgan fingerprint density at radius 2 is 1.76 bits per heavy atom. The van der Waals surface area contributed by atoms with Gasteiger partial charge in [0.05, 0.1) is 18.9 Å². The number of methoxy groups -OCH3 is 1. The van der Waals surface area contributed by atoms with Crippen molar-refractivity contribution in [2.75, 3.05) is 20.2 Å². The number of likely N-dealkylation sites (tertiary alicyclic amines) is 1. The summed E-state index contributed by atoms with van der Waals surface area (Å²) in [5.74, 6) is 0.332. The summed E-state index contributed by atoms with van der Waals surface area (Å²) >= 11 is 0. The molecule has 34 heavy (non-hydrogen) atoms. The summed E-state index contributed by atoms with van der Waals surface area (Å²) in [5, 5.41) is 3.22. The molecule has 0 spiro atoms. The molecule has 1 fully saturated rings. The van der Waals surface area contributed by atoms with Crippen LogP contribution in [0.25, 0.3) is 11.0 Å². The largest absolute Gasteiger partial charge is 0.496 e. The van der Waals surface area contributed by atoms with Gasteiger partial charge in [-0.1, -0.05) is 18.2 Å². The zero-order valence-corrected chi connectivity index (χ0v) is 19.4. The second kappa shape index (κ2) is 9.50. The summed E-state index contributed by atoms with van der Waals surface area (Å²) in [6.07, 6.45) is 1.51. The summed E-state index contributed by atoms with van der Waals surface area (Å²) in [7, 11) is 4.50. The third-order valence-electron chi connectivity index (χ3n) is 6.25. The van der Waals surface area contributed by atoms with Gasteiger partial charge in [0.25, 0.3) is 11.5 Å². The van der Waals surface area contributed by atoms with Crippen LogP contribution in [0.4, 0.5) is 0 Å². The van der Waals surface area contributed by atoms with Gasteiger partial charge < -0.3 is 15.0 Å². The first-order valence-electron chi connectivity index (χ1n) is 11.1. The van der Waals surface area contributed by atoms with Gasteiger partial charge in [0.2, 0.25) is 5.91 Å². The van der Waals surface area contributed by atoms with Crippen LogP contribution in [0.3, 0.4) is 0 Å². The van der Waals surface area contributed by atoms with E-state index in [1.165, 1.54) is 30.8 Å². The lowest BCUT2D eigenvalue weighted by Gasteiger charge is -2.32. The van der Waals surface area contributed by atoms with Crippen LogP contribution < -0.4 is 21.3 Å². The van der Waals surface area contributed by atoms with Crippen LogP contribution in [0.1, 0.15) is 28.9 Å². The van der Waals surface area contributed by atoms with Gasteiger partial charge in [0, 0.05) is 38.8 Å². The van der Waals surface area contributed by atoms with Gasteiger partial charge in [-0.05, 0) is 31.0 Å². The zero-order valence-electron chi connectivity index (χ0n) is 19.4. The number of rotatable bonds is 5. The van der Waals surface area contributed by atoms with Crippen LogP contribution in [0.15, 0.2) is 46.0 Å². The molecule has 178 valence electrons. The summed E-state index contributed by atoms with van der Waals surface area (Å²) in [4.78, 5) is 56.1. The number of amides is 2. The minimum Gasteiger partial charge on any atom is -0.496 e. The summed E-state index contributed by atoms with van der Waals surface area (Å²) in [6.45, 7) is 1.07. The summed E-state index contributed by atoms with van der Waals surface area (Å²) in [5.41, 5.74) is 0.176. The van der Waals surface area contributed by atoms with Crippen molar-refractivity contribution < 1.29 is 14.3 Å². The van der Waals surface area contributed by atoms with Crippen molar-refractivity contribution in [2.24, 2.45) is 14.1 Å². The third kappa shape index (κ3) is 4.43. The first kappa shape index (κ1) is 23.2. The second-order valence-electron chi connectivity index (χ2n) is 8.39. The molecule has 0 radical (unpaired) electrons. The number of fused-ring (bicyclic) bond motifs is 1. The molecule has 3 aromatic rings. The fourth-order valence-corrected chi connectivity index (χ4v) is 4.24. The Labute approximate surface area is 195 Å². The standard InChI is InChI=1S/C24H27N5O5/c1-27-21-17(23(32)28(2)24(27)33)8-9-18(26-21)22(31)25-16-10-12-29(13-11-16)20(30)14-15-6-4-5-7-19(15)34-3/h4-9,16H,10-14H2,1-3H3,(H,25,31). The van der Waals surface area contributed by atoms with Crippen LogP contribution >= 0.6 is 0 Å². The predicted molar refractivity (Wildman–Crippen MR) is 126 cm³/mol. The van der Waals surface area contributed by atoms with E-state index in [-0.39, 0.29) is 41.0 Å². The van der Waals surface area contributed by atoms with Gasteiger partial charge >= 0.3 is 5.69 Å². The molecule has 4 rings (SSSR count). The van der Waals surface area contributed by atoms with Crippen LogP contribution in [0, 0.1) is 0 Å². The average Bonchev–Trinajstić information content (AvgIpc) is 2.86. The van der Waals surface area contributed by atoms with E-state index < -0.39 is 11.2 Å². The van der Waals surface area contributed by atoms with Crippen molar-refractivity contribution >= 4 is 22.8 Å². The Balaban J connectivity index is 1.39. The number of aryl methyl sites for hydroxylation is 1. The maximum Gasteiger partial charge on any atom is 0.332 e. The quantitative estimate of drug-likeness (QED) is 0.590. The lowest BCUT2D eigenvalue weighted by molar-refractivity contribution is -0.131. The first-order valence-corrected chi connectivity index (χ1v) is 11.1. The molecule has 1 aliphatic rings. The number of pyridine rings is 1. The Bertz CT molecular complexity index is 1370. The van der Waals surface area contributed by atoms with Gasteiger partial charge in [0.15, 0.2) is 0 Å². The van der Waals surface area contributed by atoms with Gasteiger partial charge in [-0.25, -0.2) is 9.78 Å². The number of piperidine rings is 1. The zero-order chi connectivity index (χ0) is 24.4. The van der Waals surface area contributed by atoms with E-state index in [0.717, 1.165) is 10.1 Å². The molecule has 1 aromatic carbocycles. The smallest absolute Gasteiger partial charge is 0.332 e. The minimum atomic E-state index is -0.507. The third-order valence-corrected chi connectivity index (χ3v) is 6.25. The topological polar surface area (TPSA) is 116 Å². The molecular weight excluding hydrogens is 438 g/mol. The van der Waals surface area contributed by atoms with Crippen LogP contribution in [-0.2, 0) is 25.3 Å². The predicted octanol–water partition coefficient (Wildman–Crippen LogP) is 0.604. The fourth-order valence-electron chi connectivity index (χ4n) is 4.24. The number of carbonyl (C=O) groups excluding carboxylic acids is 2.